The molecule has 0 spiro atoms. The number of aromatic nitrogens is 2. The van der Waals surface area contributed by atoms with Crippen LogP contribution >= 0.6 is 27.5 Å². The zero-order valence-electron chi connectivity index (χ0n) is 10.8. The number of H-pyrrole nitrogens is 1. The predicted octanol–water partition coefficient (Wildman–Crippen LogP) is 3.86. The van der Waals surface area contributed by atoms with E-state index < -0.39 is 0 Å². The van der Waals surface area contributed by atoms with Crippen LogP contribution in [0.1, 0.15) is 23.2 Å². The van der Waals surface area contributed by atoms with Crippen molar-refractivity contribution in [2.24, 2.45) is 0 Å². The van der Waals surface area contributed by atoms with Crippen molar-refractivity contribution >= 4 is 27.5 Å². The van der Waals surface area contributed by atoms with Gasteiger partial charge in [-0.2, -0.15) is 5.10 Å². The molecule has 3 nitrogen and oxygen atoms in total. The minimum Gasteiger partial charge on any atom is -0.313 e. The van der Waals surface area contributed by atoms with Gasteiger partial charge in [-0.3, -0.25) is 5.10 Å². The lowest BCUT2D eigenvalue weighted by Gasteiger charge is -2.07. The lowest BCUT2D eigenvalue weighted by atomic mass is 10.1. The molecular formula is C14H17BrClN3. The average molecular weight is 343 g/mol. The molecule has 5 heteroatoms. The van der Waals surface area contributed by atoms with Gasteiger partial charge in [-0.15, -0.1) is 0 Å². The molecule has 2 aromatic rings. The molecule has 1 heterocycles. The molecule has 0 aliphatic heterocycles. The molecule has 0 saturated carbocycles. The van der Waals surface area contributed by atoms with Crippen LogP contribution in [0.15, 0.2) is 28.9 Å². The van der Waals surface area contributed by atoms with E-state index in [0.29, 0.717) is 0 Å². The van der Waals surface area contributed by atoms with E-state index >= 15 is 0 Å². The van der Waals surface area contributed by atoms with Crippen LogP contribution in [0.4, 0.5) is 0 Å². The minimum atomic E-state index is 0.756. The van der Waals surface area contributed by atoms with E-state index in [1.807, 2.05) is 24.4 Å². The van der Waals surface area contributed by atoms with Crippen LogP contribution in [-0.2, 0) is 13.0 Å². The summed E-state index contributed by atoms with van der Waals surface area (Å²) in [6, 6.07) is 5.88. The Balaban J connectivity index is 1.71. The summed E-state index contributed by atoms with van der Waals surface area (Å²) in [6.45, 7) is 3.89. The highest BCUT2D eigenvalue weighted by Crippen LogP contribution is 2.21. The molecule has 1 aromatic carbocycles. The number of rotatable bonds is 6. The van der Waals surface area contributed by atoms with Gasteiger partial charge < -0.3 is 5.32 Å². The number of aromatic amines is 1. The van der Waals surface area contributed by atoms with Gasteiger partial charge in [-0.05, 0) is 49.6 Å². The minimum absolute atomic E-state index is 0.756. The summed E-state index contributed by atoms with van der Waals surface area (Å²) in [5, 5.41) is 11.2. The van der Waals surface area contributed by atoms with Gasteiger partial charge in [-0.25, -0.2) is 0 Å². The maximum Gasteiger partial charge on any atom is 0.0522 e. The van der Waals surface area contributed by atoms with Gasteiger partial charge in [0.25, 0.3) is 0 Å². The molecule has 0 radical (unpaired) electrons. The Morgan fingerprint density at radius 2 is 2.21 bits per heavy atom. The molecule has 0 unspecified atom stereocenters. The van der Waals surface area contributed by atoms with Crippen molar-refractivity contribution in [1.29, 1.82) is 0 Å². The lowest BCUT2D eigenvalue weighted by Crippen LogP contribution is -2.15. The summed E-state index contributed by atoms with van der Waals surface area (Å²) in [5.41, 5.74) is 3.69. The summed E-state index contributed by atoms with van der Waals surface area (Å²) in [7, 11) is 0. The van der Waals surface area contributed by atoms with E-state index in [4.69, 9.17) is 11.6 Å². The maximum atomic E-state index is 5.91. The van der Waals surface area contributed by atoms with Gasteiger partial charge in [0.1, 0.15) is 0 Å². The molecule has 102 valence electrons. The Hall–Kier alpha value is -0.840. The summed E-state index contributed by atoms with van der Waals surface area (Å²) >= 11 is 9.43. The van der Waals surface area contributed by atoms with Crippen LogP contribution in [0.5, 0.6) is 0 Å². The zero-order valence-corrected chi connectivity index (χ0v) is 13.2. The van der Waals surface area contributed by atoms with Crippen LogP contribution in [0, 0.1) is 6.92 Å². The Morgan fingerprint density at radius 1 is 1.37 bits per heavy atom. The van der Waals surface area contributed by atoms with Crippen molar-refractivity contribution in [2.75, 3.05) is 6.54 Å². The van der Waals surface area contributed by atoms with Crippen LogP contribution < -0.4 is 5.32 Å². The fourth-order valence-electron chi connectivity index (χ4n) is 1.92. The second kappa shape index (κ2) is 7.08. The first-order valence-electron chi connectivity index (χ1n) is 6.30. The van der Waals surface area contributed by atoms with E-state index in [9.17, 15) is 0 Å². The number of nitrogens with zero attached hydrogens (tertiary/aromatic N) is 1. The SMILES string of the molecule is Cc1[nH]ncc1CCCNCc1ccc(Cl)cc1Br. The number of benzene rings is 1. The zero-order chi connectivity index (χ0) is 13.7. The number of aryl methyl sites for hydroxylation is 2. The fraction of sp³-hybridized carbons (Fsp3) is 0.357. The van der Waals surface area contributed by atoms with Crippen LogP contribution in [0.2, 0.25) is 5.02 Å². The van der Waals surface area contributed by atoms with Crippen LogP contribution in [-0.4, -0.2) is 16.7 Å². The van der Waals surface area contributed by atoms with Gasteiger partial charge in [0.05, 0.1) is 6.20 Å². The molecule has 1 aromatic heterocycles. The van der Waals surface area contributed by atoms with Crippen molar-refractivity contribution in [1.82, 2.24) is 15.5 Å². The second-order valence-electron chi connectivity index (χ2n) is 4.54. The molecular weight excluding hydrogens is 326 g/mol. The van der Waals surface area contributed by atoms with Crippen LogP contribution in [0.3, 0.4) is 0 Å². The highest BCUT2D eigenvalue weighted by molar-refractivity contribution is 9.10. The first-order chi connectivity index (χ1) is 9.16. The Bertz CT molecular complexity index is 539. The highest BCUT2D eigenvalue weighted by atomic mass is 79.9. The molecule has 0 amide bonds. The van der Waals surface area contributed by atoms with Crippen molar-refractivity contribution in [3.05, 3.63) is 50.7 Å². The number of hydrogen-bond acceptors (Lipinski definition) is 2. The fourth-order valence-corrected chi connectivity index (χ4v) is 2.74. The van der Waals surface area contributed by atoms with E-state index in [2.05, 4.69) is 38.4 Å². The third-order valence-corrected chi connectivity index (χ3v) is 4.04. The first kappa shape index (κ1) is 14.6. The van der Waals surface area contributed by atoms with Gasteiger partial charge in [-0.1, -0.05) is 33.6 Å². The third kappa shape index (κ3) is 4.34. The van der Waals surface area contributed by atoms with Crippen molar-refractivity contribution in [2.45, 2.75) is 26.3 Å². The normalized spacial score (nSPS) is 10.9. The molecule has 0 fully saturated rings. The van der Waals surface area contributed by atoms with Gasteiger partial charge in [0, 0.05) is 21.7 Å². The first-order valence-corrected chi connectivity index (χ1v) is 7.47. The van der Waals surface area contributed by atoms with Crippen LogP contribution in [0.25, 0.3) is 0 Å². The third-order valence-electron chi connectivity index (χ3n) is 3.06. The van der Waals surface area contributed by atoms with E-state index in [1.165, 1.54) is 16.8 Å². The molecule has 2 N–H and O–H groups in total. The lowest BCUT2D eigenvalue weighted by molar-refractivity contribution is 0.647. The second-order valence-corrected chi connectivity index (χ2v) is 5.83. The van der Waals surface area contributed by atoms with Crippen molar-refractivity contribution in [3.63, 3.8) is 0 Å². The summed E-state index contributed by atoms with van der Waals surface area (Å²) < 4.78 is 1.05. The summed E-state index contributed by atoms with van der Waals surface area (Å²) in [6.07, 6.45) is 4.06. The van der Waals surface area contributed by atoms with E-state index in [-0.39, 0.29) is 0 Å². The molecule has 2 rings (SSSR count). The quantitative estimate of drug-likeness (QED) is 0.783. The van der Waals surface area contributed by atoms with Gasteiger partial charge >= 0.3 is 0 Å². The van der Waals surface area contributed by atoms with Crippen molar-refractivity contribution < 1.29 is 0 Å². The smallest absolute Gasteiger partial charge is 0.0522 e. The Kier molecular flexibility index (Phi) is 5.43. The molecule has 0 aliphatic rings. The summed E-state index contributed by atoms with van der Waals surface area (Å²) in [5.74, 6) is 0. The average Bonchev–Trinajstić information content (AvgIpc) is 2.77. The maximum absolute atomic E-state index is 5.91. The summed E-state index contributed by atoms with van der Waals surface area (Å²) in [4.78, 5) is 0. The number of hydrogen-bond donors (Lipinski definition) is 2. The molecule has 0 aliphatic carbocycles. The number of halogens is 2. The van der Waals surface area contributed by atoms with Gasteiger partial charge in [0.15, 0.2) is 0 Å². The van der Waals surface area contributed by atoms with E-state index in [1.54, 1.807) is 0 Å². The highest BCUT2D eigenvalue weighted by Gasteiger charge is 2.02. The van der Waals surface area contributed by atoms with Crippen molar-refractivity contribution in [3.8, 4) is 0 Å². The van der Waals surface area contributed by atoms with Gasteiger partial charge in [0.2, 0.25) is 0 Å². The largest absolute Gasteiger partial charge is 0.313 e. The molecule has 0 bridgehead atoms. The monoisotopic (exact) mass is 341 g/mol. The number of nitrogens with one attached hydrogen (secondary N) is 2. The molecule has 0 saturated heterocycles. The Labute approximate surface area is 126 Å². The molecule has 19 heavy (non-hydrogen) atoms. The predicted molar refractivity (Wildman–Crippen MR) is 82.5 cm³/mol. The Morgan fingerprint density at radius 3 is 2.89 bits per heavy atom. The topological polar surface area (TPSA) is 40.7 Å². The molecule has 0 atom stereocenters. The standard InChI is InChI=1S/C14H17BrClN3/c1-10-11(9-18-19-10)3-2-6-17-8-12-4-5-13(16)7-14(12)15/h4-5,7,9,17H,2-3,6,8H2,1H3,(H,18,19). The van der Waals surface area contributed by atoms with E-state index in [0.717, 1.165) is 35.4 Å².